The van der Waals surface area contributed by atoms with Gasteiger partial charge in [0.25, 0.3) is 0 Å². The van der Waals surface area contributed by atoms with Crippen LogP contribution in [0.5, 0.6) is 0 Å². The van der Waals surface area contributed by atoms with Crippen LogP contribution >= 0.6 is 0 Å². The summed E-state index contributed by atoms with van der Waals surface area (Å²) in [5.41, 5.74) is 6.05. The zero-order chi connectivity index (χ0) is 23.5. The Morgan fingerprint density at radius 2 is 1.62 bits per heavy atom. The molecule has 2 aromatic heterocycles. The predicted molar refractivity (Wildman–Crippen MR) is 133 cm³/mol. The second-order valence-electron chi connectivity index (χ2n) is 8.63. The molecule has 1 aliphatic heterocycles. The lowest BCUT2D eigenvalue weighted by atomic mass is 10.1. The minimum Gasteiger partial charge on any atom is -0.352 e. The van der Waals surface area contributed by atoms with Crippen molar-refractivity contribution in [1.82, 2.24) is 24.6 Å². The summed E-state index contributed by atoms with van der Waals surface area (Å²) in [6, 6.07) is 17.9. The van der Waals surface area contributed by atoms with Crippen molar-refractivity contribution in [1.29, 1.82) is 0 Å². The first-order valence-electron chi connectivity index (χ1n) is 11.6. The van der Waals surface area contributed by atoms with Gasteiger partial charge in [-0.15, -0.1) is 0 Å². The molecule has 34 heavy (non-hydrogen) atoms. The molecular formula is C27H28N6O. The van der Waals surface area contributed by atoms with Gasteiger partial charge >= 0.3 is 0 Å². The Hall–Kier alpha value is -3.84. The lowest BCUT2D eigenvalue weighted by Crippen LogP contribution is -2.46. The standard InChI is InChI=1S/C27H28N6O/c1-20-24(18-30-33(20)25-6-4-3-5-7-25)19-31-14-16-32(17-15-31)27-26(28-12-13-29-27)23-10-8-22(9-11-23)21(2)34/h3-13,18H,14-17,19H2,1-2H3. The maximum Gasteiger partial charge on any atom is 0.159 e. The number of nitrogens with zero attached hydrogens (tertiary/aromatic N) is 6. The highest BCUT2D eigenvalue weighted by molar-refractivity contribution is 5.94. The van der Waals surface area contributed by atoms with Gasteiger partial charge in [-0.1, -0.05) is 42.5 Å². The molecule has 0 N–H and O–H groups in total. The van der Waals surface area contributed by atoms with Crippen molar-refractivity contribution in [2.75, 3.05) is 31.1 Å². The fourth-order valence-electron chi connectivity index (χ4n) is 4.42. The van der Waals surface area contributed by atoms with Gasteiger partial charge in [-0.25, -0.2) is 9.67 Å². The van der Waals surface area contributed by atoms with Crippen LogP contribution < -0.4 is 4.90 Å². The van der Waals surface area contributed by atoms with Crippen LogP contribution in [0.4, 0.5) is 5.82 Å². The maximum absolute atomic E-state index is 11.6. The van der Waals surface area contributed by atoms with Gasteiger partial charge in [0.2, 0.25) is 0 Å². The number of piperazine rings is 1. The quantitative estimate of drug-likeness (QED) is 0.409. The van der Waals surface area contributed by atoms with E-state index in [1.54, 1.807) is 19.3 Å². The van der Waals surface area contributed by atoms with Crippen LogP contribution in [0.25, 0.3) is 16.9 Å². The zero-order valence-corrected chi connectivity index (χ0v) is 19.6. The van der Waals surface area contributed by atoms with Crippen LogP contribution in [-0.2, 0) is 6.54 Å². The summed E-state index contributed by atoms with van der Waals surface area (Å²) in [6.07, 6.45) is 5.46. The highest BCUT2D eigenvalue weighted by atomic mass is 16.1. The number of anilines is 1. The molecule has 0 amide bonds. The maximum atomic E-state index is 11.6. The van der Waals surface area contributed by atoms with Crippen molar-refractivity contribution in [3.63, 3.8) is 0 Å². The molecule has 7 heteroatoms. The molecule has 7 nitrogen and oxygen atoms in total. The van der Waals surface area contributed by atoms with Crippen LogP contribution in [0.1, 0.15) is 28.5 Å². The summed E-state index contributed by atoms with van der Waals surface area (Å²) in [6.45, 7) is 8.23. The Labute approximate surface area is 199 Å². The van der Waals surface area contributed by atoms with E-state index in [0.29, 0.717) is 5.56 Å². The molecule has 0 atom stereocenters. The third kappa shape index (κ3) is 4.47. The number of ketones is 1. The first-order chi connectivity index (χ1) is 16.6. The lowest BCUT2D eigenvalue weighted by molar-refractivity contribution is 0.101. The molecule has 172 valence electrons. The van der Waals surface area contributed by atoms with Gasteiger partial charge in [-0.05, 0) is 26.0 Å². The van der Waals surface area contributed by atoms with Gasteiger partial charge in [0.1, 0.15) is 5.69 Å². The third-order valence-corrected chi connectivity index (χ3v) is 6.42. The van der Waals surface area contributed by atoms with E-state index < -0.39 is 0 Å². The number of para-hydroxylation sites is 1. The van der Waals surface area contributed by atoms with Crippen LogP contribution in [0, 0.1) is 6.92 Å². The predicted octanol–water partition coefficient (Wildman–Crippen LogP) is 4.16. The van der Waals surface area contributed by atoms with Crippen molar-refractivity contribution in [2.45, 2.75) is 20.4 Å². The summed E-state index contributed by atoms with van der Waals surface area (Å²) >= 11 is 0. The van der Waals surface area contributed by atoms with E-state index in [0.717, 1.165) is 55.5 Å². The van der Waals surface area contributed by atoms with E-state index in [9.17, 15) is 4.79 Å². The molecule has 2 aromatic carbocycles. The molecule has 5 rings (SSSR count). The lowest BCUT2D eigenvalue weighted by Gasteiger charge is -2.35. The van der Waals surface area contributed by atoms with Crippen molar-refractivity contribution in [3.8, 4) is 16.9 Å². The molecule has 0 bridgehead atoms. The van der Waals surface area contributed by atoms with E-state index in [4.69, 9.17) is 0 Å². The highest BCUT2D eigenvalue weighted by Crippen LogP contribution is 2.28. The Morgan fingerprint density at radius 3 is 2.32 bits per heavy atom. The SMILES string of the molecule is CC(=O)c1ccc(-c2nccnc2N2CCN(Cc3cnn(-c4ccccc4)c3C)CC2)cc1. The zero-order valence-electron chi connectivity index (χ0n) is 19.6. The average Bonchev–Trinajstić information content (AvgIpc) is 3.25. The minimum atomic E-state index is 0.0617. The number of benzene rings is 2. The molecule has 0 aliphatic carbocycles. The first kappa shape index (κ1) is 22.0. The van der Waals surface area contributed by atoms with Gasteiger partial charge in [0.15, 0.2) is 11.6 Å². The van der Waals surface area contributed by atoms with E-state index in [1.807, 2.05) is 53.3 Å². The Balaban J connectivity index is 1.27. The molecule has 1 aliphatic rings. The topological polar surface area (TPSA) is 67.2 Å². The molecule has 4 aromatic rings. The summed E-state index contributed by atoms with van der Waals surface area (Å²) in [5.74, 6) is 0.956. The summed E-state index contributed by atoms with van der Waals surface area (Å²) in [4.78, 5) is 25.7. The van der Waals surface area contributed by atoms with Gasteiger partial charge in [-0.3, -0.25) is 14.7 Å². The van der Waals surface area contributed by atoms with E-state index in [2.05, 4.69) is 43.9 Å². The molecule has 0 radical (unpaired) electrons. The number of rotatable bonds is 6. The van der Waals surface area contributed by atoms with Crippen molar-refractivity contribution >= 4 is 11.6 Å². The van der Waals surface area contributed by atoms with Crippen molar-refractivity contribution in [2.24, 2.45) is 0 Å². The molecule has 0 unspecified atom stereocenters. The highest BCUT2D eigenvalue weighted by Gasteiger charge is 2.22. The fraction of sp³-hybridized carbons (Fsp3) is 0.259. The minimum absolute atomic E-state index is 0.0617. The van der Waals surface area contributed by atoms with E-state index in [-0.39, 0.29) is 5.78 Å². The molecule has 3 heterocycles. The van der Waals surface area contributed by atoms with Crippen LogP contribution in [0.2, 0.25) is 0 Å². The van der Waals surface area contributed by atoms with Crippen LogP contribution in [-0.4, -0.2) is 56.6 Å². The number of hydrogen-bond donors (Lipinski definition) is 0. The molecule has 1 saturated heterocycles. The summed E-state index contributed by atoms with van der Waals surface area (Å²) in [5, 5.41) is 4.62. The fourth-order valence-corrected chi connectivity index (χ4v) is 4.42. The first-order valence-corrected chi connectivity index (χ1v) is 11.6. The number of aromatic nitrogens is 4. The average molecular weight is 453 g/mol. The summed E-state index contributed by atoms with van der Waals surface area (Å²) in [7, 11) is 0. The number of hydrogen-bond acceptors (Lipinski definition) is 6. The second kappa shape index (κ2) is 9.57. The third-order valence-electron chi connectivity index (χ3n) is 6.42. The Morgan fingerprint density at radius 1 is 0.912 bits per heavy atom. The normalized spacial score (nSPS) is 14.4. The Bertz CT molecular complexity index is 1270. The van der Waals surface area contributed by atoms with E-state index >= 15 is 0 Å². The van der Waals surface area contributed by atoms with Gasteiger partial charge in [-0.2, -0.15) is 5.10 Å². The molecule has 0 spiro atoms. The van der Waals surface area contributed by atoms with Gasteiger partial charge < -0.3 is 4.90 Å². The van der Waals surface area contributed by atoms with Gasteiger partial charge in [0, 0.05) is 67.5 Å². The largest absolute Gasteiger partial charge is 0.352 e. The molecule has 1 fully saturated rings. The monoisotopic (exact) mass is 452 g/mol. The number of carbonyl (C=O) groups excluding carboxylic acids is 1. The molecular weight excluding hydrogens is 424 g/mol. The Kier molecular flexibility index (Phi) is 6.18. The number of carbonyl (C=O) groups is 1. The van der Waals surface area contributed by atoms with E-state index in [1.165, 1.54) is 11.3 Å². The van der Waals surface area contributed by atoms with Crippen LogP contribution in [0.3, 0.4) is 0 Å². The van der Waals surface area contributed by atoms with Crippen LogP contribution in [0.15, 0.2) is 73.2 Å². The van der Waals surface area contributed by atoms with Crippen molar-refractivity contribution in [3.05, 3.63) is 90.0 Å². The van der Waals surface area contributed by atoms with Gasteiger partial charge in [0.05, 0.1) is 11.9 Å². The second-order valence-corrected chi connectivity index (χ2v) is 8.63. The summed E-state index contributed by atoms with van der Waals surface area (Å²) < 4.78 is 2.01. The smallest absolute Gasteiger partial charge is 0.159 e. The van der Waals surface area contributed by atoms with Crippen molar-refractivity contribution < 1.29 is 4.79 Å². The number of Topliss-reactive ketones (excluding diaryl/α,β-unsaturated/α-hetero) is 1. The molecule has 0 saturated carbocycles.